The van der Waals surface area contributed by atoms with Crippen LogP contribution in [0.5, 0.6) is 0 Å². The Bertz CT molecular complexity index is 676. The molecule has 0 aromatic carbocycles. The summed E-state index contributed by atoms with van der Waals surface area (Å²) < 4.78 is 10.9. The van der Waals surface area contributed by atoms with Gasteiger partial charge in [0.05, 0.1) is 13.2 Å². The fourth-order valence-corrected chi connectivity index (χ4v) is 4.31. The third-order valence-corrected chi connectivity index (χ3v) is 6.04. The molecule has 0 spiro atoms. The van der Waals surface area contributed by atoms with Crippen molar-refractivity contribution >= 4 is 29.9 Å². The Balaban J connectivity index is 0.00000341. The third-order valence-electron chi connectivity index (χ3n) is 6.04. The summed E-state index contributed by atoms with van der Waals surface area (Å²) in [4.78, 5) is 11.8. The van der Waals surface area contributed by atoms with Crippen molar-refractivity contribution in [3.8, 4) is 0 Å². The summed E-state index contributed by atoms with van der Waals surface area (Å²) in [6.07, 6.45) is 6.54. The van der Waals surface area contributed by atoms with Crippen LogP contribution in [0.3, 0.4) is 0 Å². The molecule has 1 saturated carbocycles. The Morgan fingerprint density at radius 2 is 1.84 bits per heavy atom. The molecule has 2 aliphatic rings. The highest BCUT2D eigenvalue weighted by Gasteiger charge is 2.34. The number of nitrogens with zero attached hydrogens (tertiary/aromatic N) is 4. The van der Waals surface area contributed by atoms with Gasteiger partial charge in [-0.15, -0.1) is 24.0 Å². The first kappa shape index (κ1) is 26.3. The lowest BCUT2D eigenvalue weighted by Gasteiger charge is -2.42. The molecule has 2 N–H and O–H groups in total. The van der Waals surface area contributed by atoms with E-state index < -0.39 is 0 Å². The fourth-order valence-electron chi connectivity index (χ4n) is 4.31. The van der Waals surface area contributed by atoms with Gasteiger partial charge in [-0.05, 0) is 19.8 Å². The van der Waals surface area contributed by atoms with Crippen molar-refractivity contribution in [2.45, 2.75) is 71.8 Å². The second kappa shape index (κ2) is 12.3. The van der Waals surface area contributed by atoms with Crippen LogP contribution in [0.15, 0.2) is 9.52 Å². The van der Waals surface area contributed by atoms with Crippen LogP contribution in [0.1, 0.15) is 71.5 Å². The maximum Gasteiger partial charge on any atom is 0.232 e. The van der Waals surface area contributed by atoms with E-state index in [4.69, 9.17) is 14.3 Å². The SMILES string of the molecule is CCNC(=NCc1noc(C(C)(C)C)n1)NCC1(CN2CCOCC2)CCCCC1.I. The average Bonchev–Trinajstić information content (AvgIpc) is 3.21. The van der Waals surface area contributed by atoms with Gasteiger partial charge in [0.15, 0.2) is 11.8 Å². The number of rotatable bonds is 7. The average molecular weight is 549 g/mol. The molecule has 1 aromatic rings. The van der Waals surface area contributed by atoms with Crippen LogP contribution in [0.2, 0.25) is 0 Å². The Morgan fingerprint density at radius 1 is 1.13 bits per heavy atom. The third kappa shape index (κ3) is 8.16. The van der Waals surface area contributed by atoms with Crippen molar-refractivity contribution in [1.82, 2.24) is 25.7 Å². The van der Waals surface area contributed by atoms with E-state index in [1.807, 2.05) is 0 Å². The molecule has 178 valence electrons. The highest BCUT2D eigenvalue weighted by molar-refractivity contribution is 14.0. The van der Waals surface area contributed by atoms with Gasteiger partial charge < -0.3 is 19.9 Å². The number of aromatic nitrogens is 2. The minimum absolute atomic E-state index is 0. The number of guanidine groups is 1. The maximum absolute atomic E-state index is 5.54. The number of hydrogen-bond acceptors (Lipinski definition) is 6. The van der Waals surface area contributed by atoms with Gasteiger partial charge in [0.1, 0.15) is 6.54 Å². The molecule has 0 bridgehead atoms. The van der Waals surface area contributed by atoms with Gasteiger partial charge >= 0.3 is 0 Å². The minimum Gasteiger partial charge on any atom is -0.379 e. The predicted octanol–water partition coefficient (Wildman–Crippen LogP) is 3.32. The molecule has 3 rings (SSSR count). The van der Waals surface area contributed by atoms with Crippen molar-refractivity contribution in [2.75, 3.05) is 45.9 Å². The van der Waals surface area contributed by atoms with Crippen LogP contribution in [0.4, 0.5) is 0 Å². The zero-order valence-electron chi connectivity index (χ0n) is 19.7. The highest BCUT2D eigenvalue weighted by Crippen LogP contribution is 2.36. The Morgan fingerprint density at radius 3 is 2.45 bits per heavy atom. The summed E-state index contributed by atoms with van der Waals surface area (Å²) in [6, 6.07) is 0. The zero-order valence-corrected chi connectivity index (χ0v) is 22.0. The van der Waals surface area contributed by atoms with Crippen LogP contribution >= 0.6 is 24.0 Å². The molecular weight excluding hydrogens is 507 g/mol. The van der Waals surface area contributed by atoms with Gasteiger partial charge in [-0.2, -0.15) is 4.98 Å². The molecule has 1 aliphatic carbocycles. The fraction of sp³-hybridized carbons (Fsp3) is 0.864. The largest absolute Gasteiger partial charge is 0.379 e. The summed E-state index contributed by atoms with van der Waals surface area (Å²) >= 11 is 0. The summed E-state index contributed by atoms with van der Waals surface area (Å²) in [5, 5.41) is 11.1. The topological polar surface area (TPSA) is 87.8 Å². The Kier molecular flexibility index (Phi) is 10.5. The van der Waals surface area contributed by atoms with E-state index in [1.165, 1.54) is 32.1 Å². The molecule has 1 aliphatic heterocycles. The van der Waals surface area contributed by atoms with Crippen LogP contribution in [0, 0.1) is 5.41 Å². The molecular formula is C22H41IN6O2. The van der Waals surface area contributed by atoms with E-state index in [1.54, 1.807) is 0 Å². The molecule has 1 saturated heterocycles. The van der Waals surface area contributed by atoms with Crippen molar-refractivity contribution in [3.05, 3.63) is 11.7 Å². The van der Waals surface area contributed by atoms with Crippen molar-refractivity contribution in [1.29, 1.82) is 0 Å². The van der Waals surface area contributed by atoms with Crippen LogP contribution in [-0.2, 0) is 16.7 Å². The van der Waals surface area contributed by atoms with Crippen LogP contribution in [0.25, 0.3) is 0 Å². The summed E-state index contributed by atoms with van der Waals surface area (Å²) in [5.41, 5.74) is 0.155. The molecule has 0 radical (unpaired) electrons. The summed E-state index contributed by atoms with van der Waals surface area (Å²) in [5.74, 6) is 2.10. The molecule has 2 heterocycles. The van der Waals surface area contributed by atoms with E-state index in [0.29, 0.717) is 23.7 Å². The van der Waals surface area contributed by atoms with Gasteiger partial charge in [-0.3, -0.25) is 4.90 Å². The lowest BCUT2D eigenvalue weighted by Crippen LogP contribution is -2.51. The monoisotopic (exact) mass is 548 g/mol. The standard InChI is InChI=1S/C22H40N6O2.HI/c1-5-23-20(24-15-18-26-19(30-27-18)21(2,3)4)25-16-22(9-7-6-8-10-22)17-28-11-13-29-14-12-28;/h5-17H2,1-4H3,(H2,23,24,25);1H. The number of morpholine rings is 1. The number of aliphatic imine (C=N–C) groups is 1. The summed E-state index contributed by atoms with van der Waals surface area (Å²) in [7, 11) is 0. The first-order valence-electron chi connectivity index (χ1n) is 11.6. The molecule has 31 heavy (non-hydrogen) atoms. The smallest absolute Gasteiger partial charge is 0.232 e. The van der Waals surface area contributed by atoms with E-state index >= 15 is 0 Å². The maximum atomic E-state index is 5.54. The quantitative estimate of drug-likeness (QED) is 0.307. The van der Waals surface area contributed by atoms with E-state index in [9.17, 15) is 0 Å². The number of hydrogen-bond donors (Lipinski definition) is 2. The number of ether oxygens (including phenoxy) is 1. The molecule has 0 atom stereocenters. The van der Waals surface area contributed by atoms with Gasteiger partial charge in [-0.25, -0.2) is 4.99 Å². The summed E-state index contributed by atoms with van der Waals surface area (Å²) in [6.45, 7) is 15.4. The van der Waals surface area contributed by atoms with E-state index in [-0.39, 0.29) is 29.4 Å². The molecule has 1 aromatic heterocycles. The van der Waals surface area contributed by atoms with Gasteiger partial charge in [0, 0.05) is 43.6 Å². The van der Waals surface area contributed by atoms with E-state index in [0.717, 1.165) is 51.9 Å². The van der Waals surface area contributed by atoms with Crippen molar-refractivity contribution in [3.63, 3.8) is 0 Å². The first-order valence-corrected chi connectivity index (χ1v) is 11.6. The van der Waals surface area contributed by atoms with Gasteiger partial charge in [-0.1, -0.05) is 45.2 Å². The second-order valence-corrected chi connectivity index (χ2v) is 9.76. The zero-order chi connectivity index (χ0) is 21.5. The minimum atomic E-state index is -0.148. The highest BCUT2D eigenvalue weighted by atomic mass is 127. The Hall–Kier alpha value is -0.940. The first-order chi connectivity index (χ1) is 14.4. The van der Waals surface area contributed by atoms with E-state index in [2.05, 4.69) is 53.4 Å². The number of halogens is 1. The van der Waals surface area contributed by atoms with Gasteiger partial charge in [0.2, 0.25) is 5.89 Å². The predicted molar refractivity (Wildman–Crippen MR) is 134 cm³/mol. The molecule has 9 heteroatoms. The van der Waals surface area contributed by atoms with Crippen molar-refractivity contribution in [2.24, 2.45) is 10.4 Å². The lowest BCUT2D eigenvalue weighted by atomic mass is 9.73. The normalized spacial score (nSPS) is 20.2. The van der Waals surface area contributed by atoms with Gasteiger partial charge in [0.25, 0.3) is 0 Å². The molecule has 2 fully saturated rings. The van der Waals surface area contributed by atoms with Crippen LogP contribution < -0.4 is 10.6 Å². The molecule has 8 nitrogen and oxygen atoms in total. The molecule has 0 unspecified atom stereocenters. The molecule has 0 amide bonds. The lowest BCUT2D eigenvalue weighted by molar-refractivity contribution is 0.00820. The Labute approximate surface area is 204 Å². The number of nitrogens with one attached hydrogen (secondary N) is 2. The van der Waals surface area contributed by atoms with Crippen LogP contribution in [-0.4, -0.2) is 66.9 Å². The van der Waals surface area contributed by atoms with Crippen molar-refractivity contribution < 1.29 is 9.26 Å². The second-order valence-electron chi connectivity index (χ2n) is 9.76.